The van der Waals surface area contributed by atoms with Crippen LogP contribution < -0.4 is 0 Å². The molecule has 27 heavy (non-hydrogen) atoms. The Balaban J connectivity index is 1.58. The van der Waals surface area contributed by atoms with E-state index in [0.717, 1.165) is 21.1 Å². The summed E-state index contributed by atoms with van der Waals surface area (Å²) >= 11 is 4.39. The smallest absolute Gasteiger partial charge is 0.210 e. The molecule has 0 aliphatic carbocycles. The van der Waals surface area contributed by atoms with E-state index in [1.54, 1.807) is 22.7 Å². The average Bonchev–Trinajstić information content (AvgIpc) is 3.40. The zero-order valence-corrected chi connectivity index (χ0v) is 16.3. The predicted octanol–water partition coefficient (Wildman–Crippen LogP) is 5.44. The fraction of sp³-hybridized carbons (Fsp3) is 0.0526. The monoisotopic (exact) mass is 413 g/mol. The van der Waals surface area contributed by atoms with Crippen molar-refractivity contribution in [1.29, 1.82) is 0 Å². The molecule has 8 heteroatoms. The number of ketones is 1. The molecule has 0 saturated heterocycles. The molecule has 0 aliphatic rings. The van der Waals surface area contributed by atoms with Crippen LogP contribution in [-0.2, 0) is 0 Å². The van der Waals surface area contributed by atoms with Gasteiger partial charge in [0, 0.05) is 5.56 Å². The molecule has 134 valence electrons. The molecular weight excluding hydrogens is 401 g/mol. The van der Waals surface area contributed by atoms with Crippen molar-refractivity contribution in [3.63, 3.8) is 0 Å². The SMILES string of the molecule is O=C(CSc1nnc(-c2cccs2)c(-c2cccs2)n1)c1ccc(F)cc1. The molecule has 1 aromatic carbocycles. The summed E-state index contributed by atoms with van der Waals surface area (Å²) in [5.41, 5.74) is 1.96. The molecule has 4 rings (SSSR count). The summed E-state index contributed by atoms with van der Waals surface area (Å²) in [4.78, 5) is 18.9. The van der Waals surface area contributed by atoms with Crippen molar-refractivity contribution in [2.75, 3.05) is 5.75 Å². The molecule has 0 bridgehead atoms. The van der Waals surface area contributed by atoms with Gasteiger partial charge in [-0.05, 0) is 47.2 Å². The molecule has 0 saturated carbocycles. The van der Waals surface area contributed by atoms with Crippen LogP contribution in [0, 0.1) is 5.82 Å². The van der Waals surface area contributed by atoms with Gasteiger partial charge in [0.25, 0.3) is 0 Å². The number of hydrogen-bond donors (Lipinski definition) is 0. The van der Waals surface area contributed by atoms with Crippen molar-refractivity contribution >= 4 is 40.2 Å². The van der Waals surface area contributed by atoms with Crippen molar-refractivity contribution in [3.05, 3.63) is 70.7 Å². The second-order valence-corrected chi connectivity index (χ2v) is 8.30. The van der Waals surface area contributed by atoms with Crippen LogP contribution in [0.2, 0.25) is 0 Å². The number of rotatable bonds is 6. The predicted molar refractivity (Wildman–Crippen MR) is 108 cm³/mol. The molecule has 0 amide bonds. The molecule has 4 nitrogen and oxygen atoms in total. The van der Waals surface area contributed by atoms with Crippen LogP contribution >= 0.6 is 34.4 Å². The third-order valence-corrected chi connectivity index (χ3v) is 6.27. The highest BCUT2D eigenvalue weighted by atomic mass is 32.2. The second-order valence-electron chi connectivity index (χ2n) is 5.46. The maximum Gasteiger partial charge on any atom is 0.210 e. The summed E-state index contributed by atoms with van der Waals surface area (Å²) in [6.07, 6.45) is 0. The number of hydrogen-bond acceptors (Lipinski definition) is 7. The molecule has 4 aromatic rings. The van der Waals surface area contributed by atoms with Gasteiger partial charge in [0.05, 0.1) is 15.5 Å². The van der Waals surface area contributed by atoms with Crippen LogP contribution in [0.4, 0.5) is 4.39 Å². The first-order valence-electron chi connectivity index (χ1n) is 7.95. The molecule has 3 heterocycles. The van der Waals surface area contributed by atoms with Crippen LogP contribution in [0.15, 0.2) is 64.4 Å². The minimum atomic E-state index is -0.364. The maximum absolute atomic E-state index is 13.0. The minimum absolute atomic E-state index is 0.108. The van der Waals surface area contributed by atoms with Crippen molar-refractivity contribution < 1.29 is 9.18 Å². The Morgan fingerprint density at radius 1 is 0.926 bits per heavy atom. The van der Waals surface area contributed by atoms with Crippen molar-refractivity contribution in [1.82, 2.24) is 15.2 Å². The summed E-state index contributed by atoms with van der Waals surface area (Å²) < 4.78 is 13.0. The summed E-state index contributed by atoms with van der Waals surface area (Å²) in [7, 11) is 0. The first kappa shape index (κ1) is 18.0. The summed E-state index contributed by atoms with van der Waals surface area (Å²) in [6.45, 7) is 0. The third kappa shape index (κ3) is 4.13. The van der Waals surface area contributed by atoms with Crippen molar-refractivity contribution in [2.24, 2.45) is 0 Å². The molecular formula is C19H12FN3OS3. The van der Waals surface area contributed by atoms with Gasteiger partial charge in [-0.15, -0.1) is 32.9 Å². The minimum Gasteiger partial charge on any atom is -0.293 e. The van der Waals surface area contributed by atoms with E-state index in [-0.39, 0.29) is 17.4 Å². The van der Waals surface area contributed by atoms with Crippen molar-refractivity contribution in [2.45, 2.75) is 5.16 Å². The number of nitrogens with zero attached hydrogens (tertiary/aromatic N) is 3. The van der Waals surface area contributed by atoms with E-state index < -0.39 is 0 Å². The highest BCUT2D eigenvalue weighted by Gasteiger charge is 2.16. The zero-order valence-electron chi connectivity index (χ0n) is 13.8. The van der Waals surface area contributed by atoms with Crippen molar-refractivity contribution in [3.8, 4) is 21.1 Å². The van der Waals surface area contributed by atoms with E-state index in [9.17, 15) is 9.18 Å². The highest BCUT2D eigenvalue weighted by molar-refractivity contribution is 7.99. The third-order valence-electron chi connectivity index (χ3n) is 3.67. The fourth-order valence-corrected chi connectivity index (χ4v) is 4.49. The molecule has 0 spiro atoms. The Morgan fingerprint density at radius 2 is 1.59 bits per heavy atom. The van der Waals surface area contributed by atoms with E-state index in [1.807, 2.05) is 35.0 Å². The zero-order chi connectivity index (χ0) is 18.6. The van der Waals surface area contributed by atoms with Crippen LogP contribution in [0.5, 0.6) is 0 Å². The van der Waals surface area contributed by atoms with Crippen LogP contribution in [0.3, 0.4) is 0 Å². The lowest BCUT2D eigenvalue weighted by molar-refractivity contribution is 0.102. The topological polar surface area (TPSA) is 55.7 Å². The quantitative estimate of drug-likeness (QED) is 0.311. The van der Waals surface area contributed by atoms with Crippen LogP contribution in [0.25, 0.3) is 21.1 Å². The Kier molecular flexibility index (Phi) is 5.38. The maximum atomic E-state index is 13.0. The van der Waals surface area contributed by atoms with Gasteiger partial charge in [-0.2, -0.15) is 0 Å². The largest absolute Gasteiger partial charge is 0.293 e. The molecule has 0 aliphatic heterocycles. The Morgan fingerprint density at radius 3 is 2.22 bits per heavy atom. The summed E-state index contributed by atoms with van der Waals surface area (Å²) in [6, 6.07) is 13.4. The Labute approximate surface area is 167 Å². The van der Waals surface area contributed by atoms with Crippen LogP contribution in [0.1, 0.15) is 10.4 Å². The lowest BCUT2D eigenvalue weighted by Crippen LogP contribution is -2.04. The number of thiophene rings is 2. The van der Waals surface area contributed by atoms with Gasteiger partial charge >= 0.3 is 0 Å². The molecule has 0 fully saturated rings. The Bertz CT molecular complexity index is 1050. The highest BCUT2D eigenvalue weighted by Crippen LogP contribution is 2.34. The number of Topliss-reactive ketones (excluding diaryl/α,β-unsaturated/α-hetero) is 1. The van der Waals surface area contributed by atoms with Gasteiger partial charge in [0.1, 0.15) is 17.2 Å². The van der Waals surface area contributed by atoms with Gasteiger partial charge in [0.15, 0.2) is 5.78 Å². The van der Waals surface area contributed by atoms with Gasteiger partial charge < -0.3 is 0 Å². The number of thioether (sulfide) groups is 1. The molecule has 0 unspecified atom stereocenters. The summed E-state index contributed by atoms with van der Waals surface area (Å²) in [5.74, 6) is -0.310. The number of carbonyl (C=O) groups excluding carboxylic acids is 1. The van der Waals surface area contributed by atoms with Gasteiger partial charge in [-0.3, -0.25) is 4.79 Å². The number of halogens is 1. The first-order valence-corrected chi connectivity index (χ1v) is 10.7. The number of carbonyl (C=O) groups is 1. The van der Waals surface area contributed by atoms with E-state index in [2.05, 4.69) is 15.2 Å². The van der Waals surface area contributed by atoms with Gasteiger partial charge in [-0.1, -0.05) is 23.9 Å². The van der Waals surface area contributed by atoms with Gasteiger partial charge in [0.2, 0.25) is 5.16 Å². The molecule has 0 radical (unpaired) electrons. The molecule has 0 atom stereocenters. The normalized spacial score (nSPS) is 10.9. The number of aromatic nitrogens is 3. The van der Waals surface area contributed by atoms with Gasteiger partial charge in [-0.25, -0.2) is 9.37 Å². The fourth-order valence-electron chi connectivity index (χ4n) is 2.39. The molecule has 3 aromatic heterocycles. The summed E-state index contributed by atoms with van der Waals surface area (Å²) in [5, 5.41) is 13.0. The van der Waals surface area contributed by atoms with E-state index in [1.165, 1.54) is 36.0 Å². The van der Waals surface area contributed by atoms with E-state index in [4.69, 9.17) is 0 Å². The average molecular weight is 414 g/mol. The standard InChI is InChI=1S/C19H12FN3OS3/c20-13-7-5-12(6-8-13)14(24)11-27-19-21-17(15-3-1-9-25-15)18(22-23-19)16-4-2-10-26-16/h1-10H,11H2. The first-order chi connectivity index (χ1) is 13.2. The Hall–Kier alpha value is -2.42. The molecule has 0 N–H and O–H groups in total. The van der Waals surface area contributed by atoms with E-state index in [0.29, 0.717) is 10.7 Å². The lowest BCUT2D eigenvalue weighted by atomic mass is 10.1. The number of benzene rings is 1. The van der Waals surface area contributed by atoms with E-state index >= 15 is 0 Å². The van der Waals surface area contributed by atoms with Crippen LogP contribution in [-0.4, -0.2) is 26.7 Å². The lowest BCUT2D eigenvalue weighted by Gasteiger charge is -2.06. The second kappa shape index (κ2) is 8.08.